The average molecular weight is 445 g/mol. The summed E-state index contributed by atoms with van der Waals surface area (Å²) in [6, 6.07) is 0. The SMILES string of the molecule is C=CCCCCCN(C)C(=NCCS(=O)(=O)CC)NCC.I. The normalized spacial score (nSPS) is 11.7. The molecule has 0 aliphatic carbocycles. The lowest BCUT2D eigenvalue weighted by molar-refractivity contribution is 0.456. The molecule has 22 heavy (non-hydrogen) atoms. The summed E-state index contributed by atoms with van der Waals surface area (Å²) in [5.74, 6) is 1.08. The van der Waals surface area contributed by atoms with Crippen molar-refractivity contribution in [3.05, 3.63) is 12.7 Å². The van der Waals surface area contributed by atoms with Crippen molar-refractivity contribution < 1.29 is 8.42 Å². The fraction of sp³-hybridized carbons (Fsp3) is 0.800. The van der Waals surface area contributed by atoms with Crippen molar-refractivity contribution in [2.24, 2.45) is 4.99 Å². The number of sulfone groups is 1. The molecule has 1 N–H and O–H groups in total. The van der Waals surface area contributed by atoms with Crippen LogP contribution in [0.2, 0.25) is 0 Å². The number of halogens is 1. The third-order valence-corrected chi connectivity index (χ3v) is 4.89. The Morgan fingerprint density at radius 3 is 2.50 bits per heavy atom. The summed E-state index contributed by atoms with van der Waals surface area (Å²) in [5, 5.41) is 3.20. The van der Waals surface area contributed by atoms with E-state index in [1.165, 1.54) is 12.8 Å². The molecule has 0 heterocycles. The quantitative estimate of drug-likeness (QED) is 0.175. The van der Waals surface area contributed by atoms with Crippen molar-refractivity contribution in [2.45, 2.75) is 39.5 Å². The Labute approximate surface area is 153 Å². The zero-order valence-corrected chi connectivity index (χ0v) is 17.3. The second kappa shape index (κ2) is 14.3. The van der Waals surface area contributed by atoms with E-state index in [9.17, 15) is 8.42 Å². The van der Waals surface area contributed by atoms with E-state index in [-0.39, 0.29) is 35.5 Å². The van der Waals surface area contributed by atoms with Crippen LogP contribution in [-0.2, 0) is 9.84 Å². The van der Waals surface area contributed by atoms with Crippen LogP contribution in [0.25, 0.3) is 0 Å². The van der Waals surface area contributed by atoms with Crippen LogP contribution in [-0.4, -0.2) is 57.5 Å². The first-order valence-corrected chi connectivity index (χ1v) is 9.59. The largest absolute Gasteiger partial charge is 0.357 e. The van der Waals surface area contributed by atoms with Crippen LogP contribution in [0.5, 0.6) is 0 Å². The molecular weight excluding hydrogens is 413 g/mol. The highest BCUT2D eigenvalue weighted by molar-refractivity contribution is 14.0. The average Bonchev–Trinajstić information content (AvgIpc) is 2.46. The van der Waals surface area contributed by atoms with E-state index in [0.717, 1.165) is 31.9 Å². The van der Waals surface area contributed by atoms with Gasteiger partial charge in [-0.25, -0.2) is 8.42 Å². The van der Waals surface area contributed by atoms with Crippen LogP contribution in [0.4, 0.5) is 0 Å². The Balaban J connectivity index is 0. The molecule has 0 aliphatic rings. The van der Waals surface area contributed by atoms with E-state index in [2.05, 4.69) is 21.8 Å². The number of nitrogens with zero attached hydrogens (tertiary/aromatic N) is 2. The first-order chi connectivity index (χ1) is 9.96. The van der Waals surface area contributed by atoms with Gasteiger partial charge >= 0.3 is 0 Å². The zero-order valence-electron chi connectivity index (χ0n) is 14.2. The van der Waals surface area contributed by atoms with Crippen LogP contribution in [0, 0.1) is 0 Å². The first-order valence-electron chi connectivity index (χ1n) is 7.77. The van der Waals surface area contributed by atoms with Crippen molar-refractivity contribution in [1.29, 1.82) is 0 Å². The topological polar surface area (TPSA) is 61.8 Å². The maximum Gasteiger partial charge on any atom is 0.193 e. The molecule has 0 bridgehead atoms. The number of nitrogens with one attached hydrogen (secondary N) is 1. The van der Waals surface area contributed by atoms with Gasteiger partial charge in [0.05, 0.1) is 12.3 Å². The summed E-state index contributed by atoms with van der Waals surface area (Å²) in [4.78, 5) is 6.46. The van der Waals surface area contributed by atoms with Gasteiger partial charge in [0.1, 0.15) is 0 Å². The van der Waals surface area contributed by atoms with Gasteiger partial charge in [-0.3, -0.25) is 4.99 Å². The van der Waals surface area contributed by atoms with Gasteiger partial charge in [0.2, 0.25) is 0 Å². The van der Waals surface area contributed by atoms with Gasteiger partial charge in [-0.15, -0.1) is 30.6 Å². The van der Waals surface area contributed by atoms with Gasteiger partial charge in [-0.1, -0.05) is 19.4 Å². The fourth-order valence-corrected chi connectivity index (χ4v) is 2.48. The molecule has 5 nitrogen and oxygen atoms in total. The minimum atomic E-state index is -2.95. The maximum atomic E-state index is 11.5. The number of rotatable bonds is 11. The Bertz CT molecular complexity index is 411. The Morgan fingerprint density at radius 1 is 1.27 bits per heavy atom. The highest BCUT2D eigenvalue weighted by atomic mass is 127. The van der Waals surface area contributed by atoms with E-state index >= 15 is 0 Å². The van der Waals surface area contributed by atoms with Gasteiger partial charge in [0, 0.05) is 25.9 Å². The van der Waals surface area contributed by atoms with E-state index in [1.807, 2.05) is 20.0 Å². The van der Waals surface area contributed by atoms with Gasteiger partial charge < -0.3 is 10.2 Å². The highest BCUT2D eigenvalue weighted by Gasteiger charge is 2.08. The van der Waals surface area contributed by atoms with Crippen molar-refractivity contribution in [2.75, 3.05) is 38.2 Å². The Morgan fingerprint density at radius 2 is 1.95 bits per heavy atom. The molecular formula is C15H32IN3O2S. The van der Waals surface area contributed by atoms with Gasteiger partial charge in [0.15, 0.2) is 15.8 Å². The molecule has 0 spiro atoms. The first kappa shape index (κ1) is 23.9. The molecule has 0 unspecified atom stereocenters. The molecule has 0 aromatic carbocycles. The second-order valence-electron chi connectivity index (χ2n) is 5.03. The number of allylic oxidation sites excluding steroid dienone is 1. The molecule has 0 rings (SSSR count). The number of hydrogen-bond acceptors (Lipinski definition) is 3. The molecule has 0 aromatic rings. The fourth-order valence-electron chi connectivity index (χ4n) is 1.82. The monoisotopic (exact) mass is 445 g/mol. The molecule has 0 aromatic heterocycles. The van der Waals surface area contributed by atoms with Crippen molar-refractivity contribution >= 4 is 39.8 Å². The lowest BCUT2D eigenvalue weighted by Crippen LogP contribution is -2.39. The van der Waals surface area contributed by atoms with Crippen LogP contribution in [0.1, 0.15) is 39.5 Å². The van der Waals surface area contributed by atoms with Crippen LogP contribution in [0.15, 0.2) is 17.6 Å². The number of unbranched alkanes of at least 4 members (excludes halogenated alkanes) is 3. The van der Waals surface area contributed by atoms with Gasteiger partial charge in [-0.05, 0) is 26.2 Å². The Kier molecular flexibility index (Phi) is 15.6. The molecule has 7 heteroatoms. The van der Waals surface area contributed by atoms with Crippen LogP contribution in [0.3, 0.4) is 0 Å². The summed E-state index contributed by atoms with van der Waals surface area (Å²) in [6.07, 6.45) is 6.44. The summed E-state index contributed by atoms with van der Waals surface area (Å²) < 4.78 is 22.9. The molecule has 0 saturated carbocycles. The molecule has 0 amide bonds. The van der Waals surface area contributed by atoms with Crippen molar-refractivity contribution in [3.8, 4) is 0 Å². The molecule has 132 valence electrons. The van der Waals surface area contributed by atoms with Crippen LogP contribution < -0.4 is 5.32 Å². The molecule has 0 atom stereocenters. The van der Waals surface area contributed by atoms with E-state index < -0.39 is 9.84 Å². The summed E-state index contributed by atoms with van der Waals surface area (Å²) >= 11 is 0. The molecule has 0 fully saturated rings. The smallest absolute Gasteiger partial charge is 0.193 e. The molecule has 0 saturated heterocycles. The predicted molar refractivity (Wildman–Crippen MR) is 107 cm³/mol. The third-order valence-electron chi connectivity index (χ3n) is 3.20. The van der Waals surface area contributed by atoms with Crippen molar-refractivity contribution in [3.63, 3.8) is 0 Å². The van der Waals surface area contributed by atoms with E-state index in [4.69, 9.17) is 0 Å². The maximum absolute atomic E-state index is 11.5. The Hall–Kier alpha value is -0.310. The summed E-state index contributed by atoms with van der Waals surface area (Å²) in [5.41, 5.74) is 0. The third kappa shape index (κ3) is 12.3. The van der Waals surface area contributed by atoms with E-state index in [1.54, 1.807) is 6.92 Å². The second-order valence-corrected chi connectivity index (χ2v) is 7.50. The standard InChI is InChI=1S/C15H31N3O2S.HI/c1-5-8-9-10-11-13-18(4)15(16-6-2)17-12-14-21(19,20)7-3;/h5H,1,6-14H2,2-4H3,(H,16,17);1H. The summed E-state index contributed by atoms with van der Waals surface area (Å²) in [7, 11) is -0.956. The highest BCUT2D eigenvalue weighted by Crippen LogP contribution is 2.01. The van der Waals surface area contributed by atoms with Crippen LogP contribution >= 0.6 is 24.0 Å². The van der Waals surface area contributed by atoms with Gasteiger partial charge in [-0.2, -0.15) is 0 Å². The zero-order chi connectivity index (χ0) is 16.1. The van der Waals surface area contributed by atoms with E-state index in [0.29, 0.717) is 6.54 Å². The summed E-state index contributed by atoms with van der Waals surface area (Å²) in [6.45, 7) is 9.41. The van der Waals surface area contributed by atoms with Crippen molar-refractivity contribution in [1.82, 2.24) is 10.2 Å². The predicted octanol–water partition coefficient (Wildman–Crippen LogP) is 2.68. The molecule has 0 radical (unpaired) electrons. The van der Waals surface area contributed by atoms with Gasteiger partial charge in [0.25, 0.3) is 0 Å². The minimum absolute atomic E-state index is 0. The lowest BCUT2D eigenvalue weighted by Gasteiger charge is -2.22. The lowest BCUT2D eigenvalue weighted by atomic mass is 10.2. The number of aliphatic imine (C=N–C) groups is 1. The number of hydrogen-bond donors (Lipinski definition) is 1. The number of guanidine groups is 1. The molecule has 0 aliphatic heterocycles. The minimum Gasteiger partial charge on any atom is -0.357 e.